The summed E-state index contributed by atoms with van der Waals surface area (Å²) in [7, 11) is 3.78. The Hall–Kier alpha value is -1.52. The summed E-state index contributed by atoms with van der Waals surface area (Å²) in [6.07, 6.45) is 1.70. The van der Waals surface area contributed by atoms with Gasteiger partial charge >= 0.3 is 0 Å². The molecule has 2 aromatic carbocycles. The summed E-state index contributed by atoms with van der Waals surface area (Å²) >= 11 is 10.0. The van der Waals surface area contributed by atoms with Crippen LogP contribution in [0.2, 0.25) is 5.02 Å². The molecular weight excluding hydrogens is 388 g/mol. The van der Waals surface area contributed by atoms with Crippen molar-refractivity contribution in [2.75, 3.05) is 27.2 Å². The molecular formula is C19H20BrClN2O. The van der Waals surface area contributed by atoms with Crippen LogP contribution in [0.3, 0.4) is 0 Å². The molecule has 2 aromatic rings. The Labute approximate surface area is 156 Å². The maximum Gasteiger partial charge on any atom is 0.131 e. The second-order valence-corrected chi connectivity index (χ2v) is 7.17. The van der Waals surface area contributed by atoms with E-state index < -0.39 is 0 Å². The minimum Gasteiger partial charge on any atom is -0.496 e. The predicted octanol–water partition coefficient (Wildman–Crippen LogP) is 4.59. The van der Waals surface area contributed by atoms with Crippen LogP contribution in [0.5, 0.6) is 5.75 Å². The van der Waals surface area contributed by atoms with Gasteiger partial charge in [-0.2, -0.15) is 0 Å². The molecule has 1 heterocycles. The maximum atomic E-state index is 6.51. The molecule has 0 radical (unpaired) electrons. The number of benzene rings is 2. The van der Waals surface area contributed by atoms with Crippen molar-refractivity contribution >= 4 is 33.4 Å². The van der Waals surface area contributed by atoms with E-state index in [-0.39, 0.29) is 0 Å². The van der Waals surface area contributed by atoms with E-state index >= 15 is 0 Å². The highest BCUT2D eigenvalue weighted by atomic mass is 79.9. The number of aliphatic imine (C=N–C) groups is 1. The van der Waals surface area contributed by atoms with E-state index in [1.54, 1.807) is 7.11 Å². The van der Waals surface area contributed by atoms with Gasteiger partial charge in [0.05, 0.1) is 13.7 Å². The molecule has 1 aliphatic heterocycles. The molecule has 0 N–H and O–H groups in total. The van der Waals surface area contributed by atoms with Gasteiger partial charge < -0.3 is 9.64 Å². The Balaban J connectivity index is 1.90. The molecule has 0 saturated heterocycles. The zero-order valence-electron chi connectivity index (χ0n) is 13.9. The van der Waals surface area contributed by atoms with Crippen LogP contribution in [0.15, 0.2) is 45.9 Å². The molecule has 24 heavy (non-hydrogen) atoms. The zero-order valence-corrected chi connectivity index (χ0v) is 16.2. The van der Waals surface area contributed by atoms with E-state index in [2.05, 4.69) is 45.0 Å². The van der Waals surface area contributed by atoms with Crippen molar-refractivity contribution in [1.29, 1.82) is 0 Å². The van der Waals surface area contributed by atoms with E-state index in [0.717, 1.165) is 58.1 Å². The number of rotatable bonds is 5. The Morgan fingerprint density at radius 1 is 1.25 bits per heavy atom. The van der Waals surface area contributed by atoms with Gasteiger partial charge in [0.2, 0.25) is 0 Å². The van der Waals surface area contributed by atoms with Crippen molar-refractivity contribution in [3.63, 3.8) is 0 Å². The first-order chi connectivity index (χ1) is 11.6. The molecule has 1 aliphatic rings. The fourth-order valence-corrected chi connectivity index (χ4v) is 3.73. The van der Waals surface area contributed by atoms with Gasteiger partial charge in [0, 0.05) is 28.7 Å². The number of aryl methyl sites for hydroxylation is 1. The third kappa shape index (κ3) is 3.60. The molecule has 0 amide bonds. The summed E-state index contributed by atoms with van der Waals surface area (Å²) in [5.74, 6) is 1.94. The highest BCUT2D eigenvalue weighted by Crippen LogP contribution is 2.28. The second-order valence-electron chi connectivity index (χ2n) is 5.85. The summed E-state index contributed by atoms with van der Waals surface area (Å²) in [5.41, 5.74) is 3.45. The second kappa shape index (κ2) is 7.58. The molecule has 3 nitrogen and oxygen atoms in total. The molecule has 3 rings (SSSR count). The number of amidine groups is 1. The van der Waals surface area contributed by atoms with Crippen LogP contribution in [-0.4, -0.2) is 38.0 Å². The smallest absolute Gasteiger partial charge is 0.131 e. The number of hydrogen-bond donors (Lipinski definition) is 0. The van der Waals surface area contributed by atoms with Crippen molar-refractivity contribution in [2.45, 2.75) is 12.8 Å². The molecule has 0 spiro atoms. The maximum absolute atomic E-state index is 6.51. The van der Waals surface area contributed by atoms with Gasteiger partial charge in [0.15, 0.2) is 0 Å². The van der Waals surface area contributed by atoms with Crippen molar-refractivity contribution < 1.29 is 4.74 Å². The number of hydrogen-bond acceptors (Lipinski definition) is 3. The average molecular weight is 408 g/mol. The highest BCUT2D eigenvalue weighted by molar-refractivity contribution is 9.10. The highest BCUT2D eigenvalue weighted by Gasteiger charge is 2.19. The monoisotopic (exact) mass is 406 g/mol. The Kier molecular flexibility index (Phi) is 5.47. The Morgan fingerprint density at radius 3 is 2.79 bits per heavy atom. The molecule has 0 atom stereocenters. The Morgan fingerprint density at radius 2 is 2.08 bits per heavy atom. The van der Waals surface area contributed by atoms with Crippen molar-refractivity contribution in [2.24, 2.45) is 4.99 Å². The lowest BCUT2D eigenvalue weighted by Gasteiger charge is -2.18. The largest absolute Gasteiger partial charge is 0.496 e. The number of nitrogens with zero attached hydrogens (tertiary/aromatic N) is 2. The molecule has 0 saturated carbocycles. The van der Waals surface area contributed by atoms with Gasteiger partial charge in [-0.05, 0) is 48.2 Å². The number of methoxy groups -OCH3 is 1. The van der Waals surface area contributed by atoms with E-state index in [4.69, 9.17) is 16.3 Å². The van der Waals surface area contributed by atoms with Gasteiger partial charge in [-0.3, -0.25) is 4.99 Å². The van der Waals surface area contributed by atoms with E-state index in [1.165, 1.54) is 5.56 Å². The fraction of sp³-hybridized carbons (Fsp3) is 0.316. The third-order valence-corrected chi connectivity index (χ3v) is 5.15. The molecule has 5 heteroatoms. The molecule has 0 bridgehead atoms. The average Bonchev–Trinajstić information content (AvgIpc) is 2.99. The summed E-state index contributed by atoms with van der Waals surface area (Å²) in [5, 5.41) is 0.796. The SMILES string of the molecule is COc1ccc(Br)cc1CCc1c(Cl)cccc1C1=NCCN1C. The summed E-state index contributed by atoms with van der Waals surface area (Å²) in [6.45, 7) is 1.80. The molecule has 0 aromatic heterocycles. The van der Waals surface area contributed by atoms with Gasteiger partial charge in [0.1, 0.15) is 11.6 Å². The van der Waals surface area contributed by atoms with Crippen LogP contribution in [-0.2, 0) is 12.8 Å². The molecule has 126 valence electrons. The van der Waals surface area contributed by atoms with Crippen LogP contribution in [0.1, 0.15) is 16.7 Å². The van der Waals surface area contributed by atoms with E-state index in [0.29, 0.717) is 0 Å². The van der Waals surface area contributed by atoms with Crippen LogP contribution >= 0.6 is 27.5 Å². The topological polar surface area (TPSA) is 24.8 Å². The number of ether oxygens (including phenoxy) is 1. The molecule has 0 aliphatic carbocycles. The minimum absolute atomic E-state index is 0.796. The lowest BCUT2D eigenvalue weighted by Crippen LogP contribution is -2.24. The normalized spacial score (nSPS) is 14.0. The lowest BCUT2D eigenvalue weighted by molar-refractivity contribution is 0.409. The van der Waals surface area contributed by atoms with Crippen LogP contribution in [0.4, 0.5) is 0 Å². The summed E-state index contributed by atoms with van der Waals surface area (Å²) in [6, 6.07) is 12.1. The fourth-order valence-electron chi connectivity index (χ4n) is 3.05. The van der Waals surface area contributed by atoms with Crippen LogP contribution in [0.25, 0.3) is 0 Å². The van der Waals surface area contributed by atoms with Gasteiger partial charge in [-0.15, -0.1) is 0 Å². The van der Waals surface area contributed by atoms with Gasteiger partial charge in [0.25, 0.3) is 0 Å². The predicted molar refractivity (Wildman–Crippen MR) is 104 cm³/mol. The number of halogens is 2. The summed E-state index contributed by atoms with van der Waals surface area (Å²) in [4.78, 5) is 6.83. The van der Waals surface area contributed by atoms with E-state index in [9.17, 15) is 0 Å². The lowest BCUT2D eigenvalue weighted by atomic mass is 9.98. The van der Waals surface area contributed by atoms with Crippen molar-refractivity contribution in [3.8, 4) is 5.75 Å². The Bertz CT molecular complexity index is 776. The first kappa shape index (κ1) is 17.3. The minimum atomic E-state index is 0.796. The molecule has 0 fully saturated rings. The van der Waals surface area contributed by atoms with Crippen molar-refractivity contribution in [1.82, 2.24) is 4.90 Å². The standard InChI is InChI=1S/C19H20BrClN2O/c1-23-11-10-22-19(23)16-4-3-5-17(21)15(16)8-6-13-12-14(20)7-9-18(13)24-2/h3-5,7,9,12H,6,8,10-11H2,1-2H3. The first-order valence-corrected chi connectivity index (χ1v) is 9.13. The summed E-state index contributed by atoms with van der Waals surface area (Å²) < 4.78 is 6.53. The van der Waals surface area contributed by atoms with Crippen molar-refractivity contribution in [3.05, 3.63) is 62.6 Å². The van der Waals surface area contributed by atoms with Crippen LogP contribution in [0, 0.1) is 0 Å². The molecule has 0 unspecified atom stereocenters. The van der Waals surface area contributed by atoms with Gasteiger partial charge in [-0.25, -0.2) is 0 Å². The van der Waals surface area contributed by atoms with Gasteiger partial charge in [-0.1, -0.05) is 39.7 Å². The van der Waals surface area contributed by atoms with Crippen LogP contribution < -0.4 is 4.74 Å². The zero-order chi connectivity index (χ0) is 17.1. The quantitative estimate of drug-likeness (QED) is 0.724. The first-order valence-electron chi connectivity index (χ1n) is 7.96. The van der Waals surface area contributed by atoms with E-state index in [1.807, 2.05) is 24.3 Å². The third-order valence-electron chi connectivity index (χ3n) is 4.31. The number of likely N-dealkylation sites (N-methyl/N-ethyl adjacent to an activating group) is 1.